The molecule has 2 rings (SSSR count). The van der Waals surface area contributed by atoms with Crippen LogP contribution in [-0.4, -0.2) is 80.7 Å². The molecule has 0 aliphatic carbocycles. The van der Waals surface area contributed by atoms with Crippen LogP contribution in [0.25, 0.3) is 10.9 Å². The van der Waals surface area contributed by atoms with Crippen molar-refractivity contribution < 1.29 is 39.0 Å². The number of nitrogens with two attached hydrogens (primary N) is 2. The zero-order valence-corrected chi connectivity index (χ0v) is 20.4. The quantitative estimate of drug-likeness (QED) is 0.119. The Balaban J connectivity index is 2.05. The zero-order chi connectivity index (χ0) is 27.7. The van der Waals surface area contributed by atoms with Crippen LogP contribution in [-0.2, 0) is 35.2 Å². The molecule has 37 heavy (non-hydrogen) atoms. The average Bonchev–Trinajstić information content (AvgIpc) is 3.23. The van der Waals surface area contributed by atoms with Crippen molar-refractivity contribution in [2.24, 2.45) is 11.5 Å². The number of primary amides is 1. The summed E-state index contributed by atoms with van der Waals surface area (Å²) < 4.78 is 0. The fraction of sp³-hybridized carbons (Fsp3) is 0.364. The Kier molecular flexibility index (Phi) is 10.4. The second-order valence-corrected chi connectivity index (χ2v) is 8.51. The molecule has 4 unspecified atom stereocenters. The Labute approximate surface area is 215 Å². The molecule has 14 nitrogen and oxygen atoms in total. The highest BCUT2D eigenvalue weighted by molar-refractivity contribution is 7.80. The lowest BCUT2D eigenvalue weighted by Crippen LogP contribution is -2.58. The first-order chi connectivity index (χ1) is 17.4. The Morgan fingerprint density at radius 3 is 2.08 bits per heavy atom. The van der Waals surface area contributed by atoms with Gasteiger partial charge in [-0.1, -0.05) is 18.2 Å². The van der Waals surface area contributed by atoms with Gasteiger partial charge in [0.2, 0.25) is 23.6 Å². The van der Waals surface area contributed by atoms with Crippen LogP contribution in [0.1, 0.15) is 18.4 Å². The summed E-state index contributed by atoms with van der Waals surface area (Å²) in [6.45, 7) is 0. The van der Waals surface area contributed by atoms with Gasteiger partial charge in [-0.15, -0.1) is 0 Å². The number of amides is 4. The van der Waals surface area contributed by atoms with E-state index in [0.29, 0.717) is 0 Å². The van der Waals surface area contributed by atoms with Gasteiger partial charge in [0, 0.05) is 22.9 Å². The first kappa shape index (κ1) is 29.1. The van der Waals surface area contributed by atoms with Crippen molar-refractivity contribution in [1.82, 2.24) is 20.9 Å². The zero-order valence-electron chi connectivity index (χ0n) is 19.5. The van der Waals surface area contributed by atoms with Gasteiger partial charge in [-0.25, -0.2) is 4.79 Å². The minimum Gasteiger partial charge on any atom is -0.481 e. The van der Waals surface area contributed by atoms with E-state index in [1.807, 2.05) is 29.6 Å². The average molecular weight is 537 g/mol. The third kappa shape index (κ3) is 8.50. The van der Waals surface area contributed by atoms with Gasteiger partial charge in [-0.3, -0.25) is 24.0 Å². The number of carbonyl (C=O) groups is 6. The number of carboxylic acid groups (broad SMARTS) is 2. The second kappa shape index (κ2) is 13.3. The number of rotatable bonds is 14. The summed E-state index contributed by atoms with van der Waals surface area (Å²) in [5.41, 5.74) is 12.6. The van der Waals surface area contributed by atoms with E-state index in [9.17, 15) is 28.8 Å². The molecule has 0 bridgehead atoms. The molecule has 0 radical (unpaired) electrons. The lowest BCUT2D eigenvalue weighted by Gasteiger charge is -2.23. The predicted octanol–water partition coefficient (Wildman–Crippen LogP) is -2.14. The smallest absolute Gasteiger partial charge is 0.326 e. The van der Waals surface area contributed by atoms with Crippen LogP contribution in [0.15, 0.2) is 30.5 Å². The summed E-state index contributed by atoms with van der Waals surface area (Å²) in [7, 11) is 0. The Bertz CT molecular complexity index is 1180. The molecule has 10 N–H and O–H groups in total. The Morgan fingerprint density at radius 2 is 1.49 bits per heavy atom. The van der Waals surface area contributed by atoms with Crippen LogP contribution in [0.5, 0.6) is 0 Å². The molecule has 0 aliphatic heterocycles. The molecule has 0 saturated carbocycles. The number of thiol groups is 1. The molecule has 1 heterocycles. The van der Waals surface area contributed by atoms with E-state index in [1.165, 1.54) is 0 Å². The molecular formula is C22H28N6O8S. The largest absolute Gasteiger partial charge is 0.481 e. The molecular weight excluding hydrogens is 508 g/mol. The summed E-state index contributed by atoms with van der Waals surface area (Å²) in [5, 5.41) is 25.7. The highest BCUT2D eigenvalue weighted by Gasteiger charge is 2.31. The summed E-state index contributed by atoms with van der Waals surface area (Å²) >= 11 is 4.03. The van der Waals surface area contributed by atoms with Crippen LogP contribution < -0.4 is 27.4 Å². The molecule has 200 valence electrons. The molecule has 4 atom stereocenters. The Hall–Kier alpha value is -4.11. The van der Waals surface area contributed by atoms with E-state index >= 15 is 0 Å². The van der Waals surface area contributed by atoms with E-state index in [-0.39, 0.29) is 12.2 Å². The maximum Gasteiger partial charge on any atom is 0.326 e. The molecule has 4 amide bonds. The number of benzene rings is 1. The summed E-state index contributed by atoms with van der Waals surface area (Å²) in [4.78, 5) is 74.5. The molecule has 0 aliphatic rings. The first-order valence-corrected chi connectivity index (χ1v) is 11.6. The lowest BCUT2D eigenvalue weighted by molar-refractivity contribution is -0.144. The number of aliphatic carboxylic acids is 2. The van der Waals surface area contributed by atoms with Gasteiger partial charge < -0.3 is 42.6 Å². The number of fused-ring (bicyclic) bond motifs is 1. The Morgan fingerprint density at radius 1 is 0.892 bits per heavy atom. The van der Waals surface area contributed by atoms with E-state index in [2.05, 4.69) is 28.2 Å². The maximum absolute atomic E-state index is 12.7. The van der Waals surface area contributed by atoms with Gasteiger partial charge >= 0.3 is 11.9 Å². The third-order valence-electron chi connectivity index (χ3n) is 5.30. The summed E-state index contributed by atoms with van der Waals surface area (Å²) in [6.07, 6.45) is 0.210. The van der Waals surface area contributed by atoms with Crippen molar-refractivity contribution in [2.75, 3.05) is 5.75 Å². The van der Waals surface area contributed by atoms with Crippen LogP contribution in [0.4, 0.5) is 0 Å². The van der Waals surface area contributed by atoms with E-state index < -0.39 is 72.6 Å². The van der Waals surface area contributed by atoms with Crippen LogP contribution >= 0.6 is 12.6 Å². The molecule has 0 saturated heterocycles. The second-order valence-electron chi connectivity index (χ2n) is 8.14. The van der Waals surface area contributed by atoms with Gasteiger partial charge in [-0.2, -0.15) is 12.6 Å². The first-order valence-electron chi connectivity index (χ1n) is 11.0. The van der Waals surface area contributed by atoms with E-state index in [4.69, 9.17) is 21.7 Å². The number of carbonyl (C=O) groups excluding carboxylic acids is 4. The predicted molar refractivity (Wildman–Crippen MR) is 133 cm³/mol. The van der Waals surface area contributed by atoms with Crippen LogP contribution in [0, 0.1) is 0 Å². The maximum atomic E-state index is 12.7. The standard InChI is InChI=1S/C22H28N6O8S/c23-12(5-10-8-25-13-4-2-1-3-11(10)13)19(32)28-16(9-37)21(34)26-14(7-18(30)31)20(33)27-15(22(35)36)6-17(24)29/h1-4,8,12,14-16,25,37H,5-7,9,23H2,(H2,24,29)(H,26,34)(H,27,33)(H,28,32)(H,30,31)(H,35,36). The number of hydrogen-bond acceptors (Lipinski definition) is 8. The summed E-state index contributed by atoms with van der Waals surface area (Å²) in [6, 6.07) is 1.61. The monoisotopic (exact) mass is 536 g/mol. The van der Waals surface area contributed by atoms with Crippen molar-refractivity contribution in [1.29, 1.82) is 0 Å². The van der Waals surface area contributed by atoms with Gasteiger partial charge in [0.05, 0.1) is 18.9 Å². The topological polar surface area (TPSA) is 247 Å². The van der Waals surface area contributed by atoms with Crippen molar-refractivity contribution in [3.63, 3.8) is 0 Å². The minimum atomic E-state index is -1.74. The number of nitrogens with one attached hydrogen (secondary N) is 4. The molecule has 0 fully saturated rings. The van der Waals surface area contributed by atoms with Crippen molar-refractivity contribution in [2.45, 2.75) is 43.4 Å². The van der Waals surface area contributed by atoms with Gasteiger partial charge in [0.25, 0.3) is 0 Å². The van der Waals surface area contributed by atoms with Crippen molar-refractivity contribution >= 4 is 59.1 Å². The normalized spacial score (nSPS) is 14.1. The number of hydrogen-bond donors (Lipinski definition) is 9. The third-order valence-corrected chi connectivity index (χ3v) is 5.66. The number of aromatic nitrogens is 1. The van der Waals surface area contributed by atoms with Gasteiger partial charge in [0.15, 0.2) is 0 Å². The van der Waals surface area contributed by atoms with Crippen molar-refractivity contribution in [3.8, 4) is 0 Å². The fourth-order valence-corrected chi connectivity index (χ4v) is 3.69. The van der Waals surface area contributed by atoms with Crippen molar-refractivity contribution in [3.05, 3.63) is 36.0 Å². The molecule has 15 heteroatoms. The lowest BCUT2D eigenvalue weighted by atomic mass is 10.0. The summed E-state index contributed by atoms with van der Waals surface area (Å²) in [5.74, 6) is -7.13. The molecule has 0 spiro atoms. The molecule has 1 aromatic heterocycles. The number of para-hydroxylation sites is 1. The number of aromatic amines is 1. The molecule has 1 aromatic carbocycles. The van der Waals surface area contributed by atoms with Gasteiger partial charge in [0.1, 0.15) is 18.1 Å². The van der Waals surface area contributed by atoms with Gasteiger partial charge in [-0.05, 0) is 18.1 Å². The van der Waals surface area contributed by atoms with Crippen LogP contribution in [0.2, 0.25) is 0 Å². The number of H-pyrrole nitrogens is 1. The van der Waals surface area contributed by atoms with E-state index in [1.54, 1.807) is 6.20 Å². The fourth-order valence-electron chi connectivity index (χ4n) is 3.43. The SMILES string of the molecule is NC(=O)CC(NC(=O)C(CC(=O)O)NC(=O)C(CS)NC(=O)C(N)Cc1c[nH]c2ccccc12)C(=O)O. The molecule has 2 aromatic rings. The van der Waals surface area contributed by atoms with E-state index in [0.717, 1.165) is 16.5 Å². The minimum absolute atomic E-state index is 0.150. The van der Waals surface area contributed by atoms with Crippen LogP contribution in [0.3, 0.4) is 0 Å². The highest BCUT2D eigenvalue weighted by atomic mass is 32.1. The highest BCUT2D eigenvalue weighted by Crippen LogP contribution is 2.18. The number of carboxylic acids is 2.